The maximum atomic E-state index is 10.6. The molecule has 0 bridgehead atoms. The van der Waals surface area contributed by atoms with Crippen molar-refractivity contribution in [2.45, 2.75) is 39.2 Å². The zero-order valence-corrected chi connectivity index (χ0v) is 13.1. The Bertz CT molecular complexity index is 444. The monoisotopic (exact) mass is 277 g/mol. The van der Waals surface area contributed by atoms with Crippen molar-refractivity contribution in [2.75, 3.05) is 25.6 Å². The van der Waals surface area contributed by atoms with Crippen LogP contribution in [0.1, 0.15) is 33.1 Å². The molecular weight excluding hydrogens is 250 g/mol. The Morgan fingerprint density at radius 1 is 1.35 bits per heavy atom. The Morgan fingerprint density at radius 2 is 2.05 bits per heavy atom. The Hall–Kier alpha value is -1.22. The minimum absolute atomic E-state index is 0.0323. The summed E-state index contributed by atoms with van der Waals surface area (Å²) in [6.07, 6.45) is 3.19. The maximum absolute atomic E-state index is 10.6. The first-order valence-corrected chi connectivity index (χ1v) is 7.48. The fraction of sp³-hybridized carbons (Fsp3) is 0.647. The first-order valence-electron chi connectivity index (χ1n) is 7.48. The number of rotatable bonds is 4. The number of hydrogen-bond donors (Lipinski definition) is 1. The van der Waals surface area contributed by atoms with Crippen molar-refractivity contribution in [3.8, 4) is 5.75 Å². The van der Waals surface area contributed by atoms with Gasteiger partial charge in [0.1, 0.15) is 5.75 Å². The molecule has 1 N–H and O–H groups in total. The molecule has 0 spiro atoms. The van der Waals surface area contributed by atoms with E-state index in [0.717, 1.165) is 30.8 Å². The third-order valence-corrected chi connectivity index (χ3v) is 4.65. The van der Waals surface area contributed by atoms with Crippen LogP contribution in [-0.4, -0.2) is 31.9 Å². The van der Waals surface area contributed by atoms with Crippen LogP contribution >= 0.6 is 0 Å². The Balaban J connectivity index is 2.09. The number of benzene rings is 1. The lowest BCUT2D eigenvalue weighted by atomic mass is 9.69. The van der Waals surface area contributed by atoms with Crippen molar-refractivity contribution < 1.29 is 9.84 Å². The first-order chi connectivity index (χ1) is 9.45. The first kappa shape index (κ1) is 15.2. The summed E-state index contributed by atoms with van der Waals surface area (Å²) in [6.45, 7) is 5.21. The summed E-state index contributed by atoms with van der Waals surface area (Å²) in [7, 11) is 3.78. The topological polar surface area (TPSA) is 32.7 Å². The molecule has 1 aliphatic rings. The Kier molecular flexibility index (Phi) is 4.59. The van der Waals surface area contributed by atoms with Crippen molar-refractivity contribution in [2.24, 2.45) is 11.3 Å². The summed E-state index contributed by atoms with van der Waals surface area (Å²) in [6, 6.07) is 8.05. The van der Waals surface area contributed by atoms with E-state index in [1.807, 2.05) is 18.2 Å². The SMILES string of the molecule is COc1ccccc1N(C)CC1CCCC(C)(C)C1O. The van der Waals surface area contributed by atoms with Gasteiger partial charge in [0.15, 0.2) is 0 Å². The van der Waals surface area contributed by atoms with E-state index in [9.17, 15) is 5.11 Å². The summed E-state index contributed by atoms with van der Waals surface area (Å²) >= 11 is 0. The van der Waals surface area contributed by atoms with E-state index < -0.39 is 0 Å². The predicted molar refractivity (Wildman–Crippen MR) is 83.4 cm³/mol. The largest absolute Gasteiger partial charge is 0.495 e. The van der Waals surface area contributed by atoms with E-state index >= 15 is 0 Å². The second-order valence-corrected chi connectivity index (χ2v) is 6.64. The fourth-order valence-corrected chi connectivity index (χ4v) is 3.35. The third kappa shape index (κ3) is 3.09. The van der Waals surface area contributed by atoms with Gasteiger partial charge in [-0.25, -0.2) is 0 Å². The second-order valence-electron chi connectivity index (χ2n) is 6.64. The molecule has 20 heavy (non-hydrogen) atoms. The molecule has 0 saturated heterocycles. The number of nitrogens with zero attached hydrogens (tertiary/aromatic N) is 1. The fourth-order valence-electron chi connectivity index (χ4n) is 3.35. The summed E-state index contributed by atoms with van der Waals surface area (Å²) in [5.41, 5.74) is 1.12. The summed E-state index contributed by atoms with van der Waals surface area (Å²) in [5, 5.41) is 10.6. The molecular formula is C17H27NO2. The molecule has 1 aromatic carbocycles. The number of methoxy groups -OCH3 is 1. The van der Waals surface area contributed by atoms with Gasteiger partial charge >= 0.3 is 0 Å². The molecule has 1 aromatic rings. The standard InChI is InChI=1S/C17H27NO2/c1-17(2)11-7-8-13(16(17)19)12-18(3)14-9-5-6-10-15(14)20-4/h5-6,9-10,13,16,19H,7-8,11-12H2,1-4H3. The van der Waals surface area contributed by atoms with E-state index in [2.05, 4.69) is 31.9 Å². The van der Waals surface area contributed by atoms with Crippen LogP contribution < -0.4 is 9.64 Å². The maximum Gasteiger partial charge on any atom is 0.142 e. The number of ether oxygens (including phenoxy) is 1. The van der Waals surface area contributed by atoms with Crippen molar-refractivity contribution in [3.63, 3.8) is 0 Å². The van der Waals surface area contributed by atoms with Gasteiger partial charge in [0.2, 0.25) is 0 Å². The van der Waals surface area contributed by atoms with E-state index in [4.69, 9.17) is 4.74 Å². The molecule has 3 heteroatoms. The van der Waals surface area contributed by atoms with E-state index in [-0.39, 0.29) is 11.5 Å². The van der Waals surface area contributed by atoms with Gasteiger partial charge in [-0.3, -0.25) is 0 Å². The molecule has 1 saturated carbocycles. The molecule has 3 nitrogen and oxygen atoms in total. The Labute approximate surface area is 122 Å². The zero-order valence-electron chi connectivity index (χ0n) is 13.1. The van der Waals surface area contributed by atoms with Gasteiger partial charge in [0, 0.05) is 19.5 Å². The van der Waals surface area contributed by atoms with Gasteiger partial charge < -0.3 is 14.7 Å². The van der Waals surface area contributed by atoms with Crippen LogP contribution in [-0.2, 0) is 0 Å². The summed E-state index contributed by atoms with van der Waals surface area (Å²) in [5.74, 6) is 1.22. The van der Waals surface area contributed by atoms with Gasteiger partial charge in [-0.2, -0.15) is 0 Å². The van der Waals surface area contributed by atoms with Crippen LogP contribution in [0, 0.1) is 11.3 Å². The zero-order chi connectivity index (χ0) is 14.8. The quantitative estimate of drug-likeness (QED) is 0.916. The van der Waals surface area contributed by atoms with E-state index in [1.54, 1.807) is 7.11 Å². The van der Waals surface area contributed by atoms with Crippen molar-refractivity contribution in [3.05, 3.63) is 24.3 Å². The van der Waals surface area contributed by atoms with Gasteiger partial charge in [0.05, 0.1) is 18.9 Å². The molecule has 1 fully saturated rings. The molecule has 0 amide bonds. The van der Waals surface area contributed by atoms with E-state index in [1.165, 1.54) is 6.42 Å². The van der Waals surface area contributed by atoms with Gasteiger partial charge in [-0.15, -0.1) is 0 Å². The smallest absolute Gasteiger partial charge is 0.142 e. The molecule has 2 atom stereocenters. The normalized spacial score (nSPS) is 25.2. The predicted octanol–water partition coefficient (Wildman–Crippen LogP) is 3.32. The molecule has 112 valence electrons. The highest BCUT2D eigenvalue weighted by atomic mass is 16.5. The summed E-state index contributed by atoms with van der Waals surface area (Å²) < 4.78 is 5.42. The number of anilines is 1. The Morgan fingerprint density at radius 3 is 2.75 bits per heavy atom. The summed E-state index contributed by atoms with van der Waals surface area (Å²) in [4.78, 5) is 2.20. The van der Waals surface area contributed by atoms with Crippen LogP contribution in [0.4, 0.5) is 5.69 Å². The van der Waals surface area contributed by atoms with Crippen molar-refractivity contribution >= 4 is 5.69 Å². The minimum Gasteiger partial charge on any atom is -0.495 e. The molecule has 1 aliphatic carbocycles. The van der Waals surface area contributed by atoms with Gasteiger partial charge in [-0.1, -0.05) is 32.4 Å². The average Bonchev–Trinajstić information content (AvgIpc) is 2.43. The average molecular weight is 277 g/mol. The molecule has 0 aromatic heterocycles. The van der Waals surface area contributed by atoms with Gasteiger partial charge in [0.25, 0.3) is 0 Å². The molecule has 0 aliphatic heterocycles. The van der Waals surface area contributed by atoms with Crippen LogP contribution in [0.5, 0.6) is 5.75 Å². The van der Waals surface area contributed by atoms with Crippen LogP contribution in [0.2, 0.25) is 0 Å². The van der Waals surface area contributed by atoms with Crippen LogP contribution in [0.25, 0.3) is 0 Å². The van der Waals surface area contributed by atoms with Crippen molar-refractivity contribution in [1.29, 1.82) is 0 Å². The lowest BCUT2D eigenvalue weighted by Gasteiger charge is -2.42. The number of hydrogen-bond acceptors (Lipinski definition) is 3. The molecule has 0 radical (unpaired) electrons. The highest BCUT2D eigenvalue weighted by molar-refractivity contribution is 5.57. The second kappa shape index (κ2) is 6.04. The molecule has 0 heterocycles. The van der Waals surface area contributed by atoms with Crippen molar-refractivity contribution in [1.82, 2.24) is 0 Å². The molecule has 2 unspecified atom stereocenters. The number of aliphatic hydroxyl groups is 1. The highest BCUT2D eigenvalue weighted by Crippen LogP contribution is 2.40. The lowest BCUT2D eigenvalue weighted by Crippen LogP contribution is -2.44. The van der Waals surface area contributed by atoms with Crippen LogP contribution in [0.3, 0.4) is 0 Å². The minimum atomic E-state index is -0.228. The number of aliphatic hydroxyl groups excluding tert-OH is 1. The molecule has 2 rings (SSSR count). The lowest BCUT2D eigenvalue weighted by molar-refractivity contribution is -0.0290. The third-order valence-electron chi connectivity index (χ3n) is 4.65. The van der Waals surface area contributed by atoms with Gasteiger partial charge in [-0.05, 0) is 30.4 Å². The van der Waals surface area contributed by atoms with E-state index in [0.29, 0.717) is 5.92 Å². The van der Waals surface area contributed by atoms with Crippen LogP contribution in [0.15, 0.2) is 24.3 Å². The number of para-hydroxylation sites is 2. The highest BCUT2D eigenvalue weighted by Gasteiger charge is 2.38.